The molecule has 0 bridgehead atoms. The number of carbonyl (C=O) groups excluding carboxylic acids is 3. The number of fused-ring (bicyclic) bond motifs is 3. The summed E-state index contributed by atoms with van der Waals surface area (Å²) in [5.41, 5.74) is -0.338. The maximum Gasteiger partial charge on any atom is 0.316 e. The van der Waals surface area contributed by atoms with Crippen LogP contribution in [0.25, 0.3) is 0 Å². The lowest BCUT2D eigenvalue weighted by molar-refractivity contribution is -0.155. The number of phenols is 1. The molecule has 1 aliphatic heterocycles. The second-order valence-electron chi connectivity index (χ2n) is 8.23. The van der Waals surface area contributed by atoms with E-state index in [0.717, 1.165) is 19.1 Å². The Labute approximate surface area is 147 Å². The first-order chi connectivity index (χ1) is 11.7. The molecule has 3 rings (SSSR count). The van der Waals surface area contributed by atoms with Gasteiger partial charge in [-0.1, -0.05) is 34.1 Å². The molecule has 5 heteroatoms. The number of hydrogen-bond donors (Lipinski definition) is 1. The zero-order valence-electron chi connectivity index (χ0n) is 15.1. The lowest BCUT2D eigenvalue weighted by atomic mass is 9.52. The largest absolute Gasteiger partial charge is 0.504 e. The number of aldehydes is 2. The van der Waals surface area contributed by atoms with Gasteiger partial charge in [-0.3, -0.25) is 9.59 Å². The third-order valence-electron chi connectivity index (χ3n) is 5.89. The summed E-state index contributed by atoms with van der Waals surface area (Å²) in [6.07, 6.45) is 3.50. The molecule has 0 aromatic heterocycles. The number of ether oxygens (including phenoxy) is 1. The topological polar surface area (TPSA) is 80.7 Å². The Bertz CT molecular complexity index is 762. The molecule has 1 aromatic rings. The first-order valence-corrected chi connectivity index (χ1v) is 8.73. The number of esters is 1. The van der Waals surface area contributed by atoms with E-state index in [-0.39, 0.29) is 17.4 Å². The van der Waals surface area contributed by atoms with Gasteiger partial charge in [0.25, 0.3) is 0 Å². The highest BCUT2D eigenvalue weighted by Gasteiger charge is 2.59. The molecule has 0 saturated heterocycles. The maximum absolute atomic E-state index is 12.8. The Morgan fingerprint density at radius 2 is 1.96 bits per heavy atom. The molecule has 1 aliphatic carbocycles. The molecular weight excluding hydrogens is 320 g/mol. The van der Waals surface area contributed by atoms with Gasteiger partial charge in [-0.15, -0.1) is 0 Å². The van der Waals surface area contributed by atoms with E-state index in [1.807, 2.05) is 27.7 Å². The van der Waals surface area contributed by atoms with E-state index >= 15 is 0 Å². The van der Waals surface area contributed by atoms with Crippen molar-refractivity contribution in [3.63, 3.8) is 0 Å². The molecule has 1 heterocycles. The Hall–Kier alpha value is -2.17. The van der Waals surface area contributed by atoms with Gasteiger partial charge in [0, 0.05) is 16.7 Å². The number of aromatic hydroxyl groups is 1. The van der Waals surface area contributed by atoms with Crippen LogP contribution in [0.2, 0.25) is 0 Å². The Balaban J connectivity index is 2.39. The summed E-state index contributed by atoms with van der Waals surface area (Å²) in [5, 5.41) is 10.7. The SMILES string of the molecule is CC(C)c1cc(C=O)c2c(c1O)OC(=O)C1C(C)(C)CCCC21C=O. The van der Waals surface area contributed by atoms with Gasteiger partial charge >= 0.3 is 5.97 Å². The van der Waals surface area contributed by atoms with Gasteiger partial charge in [-0.25, -0.2) is 0 Å². The van der Waals surface area contributed by atoms with Crippen LogP contribution in [0.15, 0.2) is 6.07 Å². The first kappa shape index (κ1) is 17.6. The molecule has 2 atom stereocenters. The van der Waals surface area contributed by atoms with Crippen molar-refractivity contribution in [1.82, 2.24) is 0 Å². The third-order valence-corrected chi connectivity index (χ3v) is 5.89. The monoisotopic (exact) mass is 344 g/mol. The standard InChI is InChI=1S/C20H24O5/c1-11(2)13-8-12(9-21)14-16(15(13)23)25-18(24)17-19(3,4)6-5-7-20(14,17)10-22/h8-11,17,23H,5-7H2,1-4H3. The van der Waals surface area contributed by atoms with E-state index < -0.39 is 22.7 Å². The summed E-state index contributed by atoms with van der Waals surface area (Å²) in [4.78, 5) is 36.9. The van der Waals surface area contributed by atoms with E-state index in [0.29, 0.717) is 29.4 Å². The normalized spacial score (nSPS) is 27.2. The van der Waals surface area contributed by atoms with E-state index in [9.17, 15) is 19.5 Å². The quantitative estimate of drug-likeness (QED) is 0.515. The summed E-state index contributed by atoms with van der Waals surface area (Å²) in [7, 11) is 0. The fourth-order valence-electron chi connectivity index (χ4n) is 4.77. The van der Waals surface area contributed by atoms with Crippen LogP contribution in [-0.4, -0.2) is 23.6 Å². The number of benzene rings is 1. The van der Waals surface area contributed by atoms with Crippen LogP contribution in [0.5, 0.6) is 11.5 Å². The molecule has 5 nitrogen and oxygen atoms in total. The molecular formula is C20H24O5. The van der Waals surface area contributed by atoms with Gasteiger partial charge in [0.2, 0.25) is 0 Å². The average molecular weight is 344 g/mol. The highest BCUT2D eigenvalue weighted by Crippen LogP contribution is 2.59. The minimum atomic E-state index is -1.13. The smallest absolute Gasteiger partial charge is 0.316 e. The fourth-order valence-corrected chi connectivity index (χ4v) is 4.77. The summed E-state index contributed by atoms with van der Waals surface area (Å²) in [6.45, 7) is 7.65. The van der Waals surface area contributed by atoms with Crippen LogP contribution in [0.3, 0.4) is 0 Å². The Kier molecular flexibility index (Phi) is 4.01. The summed E-state index contributed by atoms with van der Waals surface area (Å²) in [5.74, 6) is -1.39. The predicted octanol–water partition coefficient (Wildman–Crippen LogP) is 3.51. The number of rotatable bonds is 3. The maximum atomic E-state index is 12.8. The van der Waals surface area contributed by atoms with Crippen LogP contribution < -0.4 is 4.74 Å². The molecule has 134 valence electrons. The number of hydrogen-bond acceptors (Lipinski definition) is 5. The van der Waals surface area contributed by atoms with Crippen LogP contribution in [0.4, 0.5) is 0 Å². The van der Waals surface area contributed by atoms with Crippen molar-refractivity contribution < 1.29 is 24.2 Å². The van der Waals surface area contributed by atoms with E-state index in [1.54, 1.807) is 6.07 Å². The minimum Gasteiger partial charge on any atom is -0.504 e. The molecule has 0 amide bonds. The van der Waals surface area contributed by atoms with Crippen LogP contribution >= 0.6 is 0 Å². The highest BCUT2D eigenvalue weighted by molar-refractivity contribution is 5.95. The molecule has 0 spiro atoms. The van der Waals surface area contributed by atoms with E-state index in [1.165, 1.54) is 0 Å². The zero-order chi connectivity index (χ0) is 18.6. The van der Waals surface area contributed by atoms with Crippen molar-refractivity contribution in [3.05, 3.63) is 22.8 Å². The Morgan fingerprint density at radius 1 is 1.28 bits per heavy atom. The van der Waals surface area contributed by atoms with Gasteiger partial charge in [0.05, 0.1) is 11.3 Å². The van der Waals surface area contributed by atoms with Crippen molar-refractivity contribution in [3.8, 4) is 11.5 Å². The number of phenolic OH excluding ortho intramolecular Hbond substituents is 1. The van der Waals surface area contributed by atoms with Crippen molar-refractivity contribution in [2.45, 2.75) is 58.3 Å². The lowest BCUT2D eigenvalue weighted by Crippen LogP contribution is -2.56. The average Bonchev–Trinajstić information content (AvgIpc) is 2.54. The molecule has 2 unspecified atom stereocenters. The molecule has 1 fully saturated rings. The van der Waals surface area contributed by atoms with Crippen molar-refractivity contribution in [1.29, 1.82) is 0 Å². The summed E-state index contributed by atoms with van der Waals surface area (Å²) < 4.78 is 5.52. The number of carbonyl (C=O) groups is 3. The zero-order valence-corrected chi connectivity index (χ0v) is 15.1. The molecule has 25 heavy (non-hydrogen) atoms. The third kappa shape index (κ3) is 2.32. The predicted molar refractivity (Wildman–Crippen MR) is 92.1 cm³/mol. The highest BCUT2D eigenvalue weighted by atomic mass is 16.5. The summed E-state index contributed by atoms with van der Waals surface area (Å²) in [6, 6.07) is 1.62. The Morgan fingerprint density at radius 3 is 2.52 bits per heavy atom. The van der Waals surface area contributed by atoms with Crippen LogP contribution in [0, 0.1) is 11.3 Å². The van der Waals surface area contributed by atoms with Gasteiger partial charge in [0.15, 0.2) is 17.8 Å². The molecule has 1 N–H and O–H groups in total. The van der Waals surface area contributed by atoms with Gasteiger partial charge < -0.3 is 14.6 Å². The first-order valence-electron chi connectivity index (χ1n) is 8.73. The van der Waals surface area contributed by atoms with Crippen LogP contribution in [-0.2, 0) is 15.0 Å². The lowest BCUT2D eigenvalue weighted by Gasteiger charge is -2.51. The minimum absolute atomic E-state index is 0.0145. The van der Waals surface area contributed by atoms with Crippen molar-refractivity contribution in [2.24, 2.45) is 11.3 Å². The van der Waals surface area contributed by atoms with Crippen molar-refractivity contribution >= 4 is 18.5 Å². The second-order valence-corrected chi connectivity index (χ2v) is 8.23. The molecule has 1 aromatic carbocycles. The summed E-state index contributed by atoms with van der Waals surface area (Å²) >= 11 is 0. The fraction of sp³-hybridized carbons (Fsp3) is 0.550. The van der Waals surface area contributed by atoms with Gasteiger partial charge in [0.1, 0.15) is 6.29 Å². The molecule has 0 radical (unpaired) electrons. The van der Waals surface area contributed by atoms with Gasteiger partial charge in [-0.05, 0) is 30.2 Å². The van der Waals surface area contributed by atoms with Crippen molar-refractivity contribution in [2.75, 3.05) is 0 Å². The van der Waals surface area contributed by atoms with E-state index in [2.05, 4.69) is 0 Å². The van der Waals surface area contributed by atoms with Crippen LogP contribution in [0.1, 0.15) is 74.4 Å². The second kappa shape index (κ2) is 5.68. The van der Waals surface area contributed by atoms with E-state index in [4.69, 9.17) is 4.74 Å². The van der Waals surface area contributed by atoms with Gasteiger partial charge in [-0.2, -0.15) is 0 Å². The molecule has 1 saturated carbocycles. The molecule has 2 aliphatic rings.